The lowest BCUT2D eigenvalue weighted by atomic mass is 9.97. The zero-order valence-electron chi connectivity index (χ0n) is 16.0. The molecule has 10 nitrogen and oxygen atoms in total. The van der Waals surface area contributed by atoms with Gasteiger partial charge in [0.1, 0.15) is 11.5 Å². The molecule has 1 aliphatic rings. The van der Waals surface area contributed by atoms with Crippen molar-refractivity contribution in [3.05, 3.63) is 52.5 Å². The van der Waals surface area contributed by atoms with Gasteiger partial charge in [-0.1, -0.05) is 6.07 Å². The summed E-state index contributed by atoms with van der Waals surface area (Å²) >= 11 is 0. The third-order valence-electron chi connectivity index (χ3n) is 4.84. The Morgan fingerprint density at radius 3 is 2.66 bits per heavy atom. The maximum absolute atomic E-state index is 12.1. The molecule has 2 heterocycles. The normalized spacial score (nSPS) is 14.3. The molecule has 0 saturated carbocycles. The van der Waals surface area contributed by atoms with Crippen LogP contribution in [0.15, 0.2) is 36.8 Å². The number of amides is 2. The molecule has 0 radical (unpaired) electrons. The van der Waals surface area contributed by atoms with Crippen LogP contribution in [0.3, 0.4) is 0 Å². The van der Waals surface area contributed by atoms with Crippen molar-refractivity contribution >= 4 is 29.0 Å². The Labute approximate surface area is 167 Å². The average Bonchev–Trinajstić information content (AvgIpc) is 2.74. The van der Waals surface area contributed by atoms with Gasteiger partial charge in [0, 0.05) is 38.1 Å². The Balaban J connectivity index is 1.48. The van der Waals surface area contributed by atoms with Crippen LogP contribution in [0.25, 0.3) is 0 Å². The number of nitro benzene ring substituents is 1. The highest BCUT2D eigenvalue weighted by molar-refractivity contribution is 6.39. The number of carbonyl (C=O) groups is 2. The zero-order valence-corrected chi connectivity index (χ0v) is 16.0. The highest BCUT2D eigenvalue weighted by Gasteiger charge is 2.23. The van der Waals surface area contributed by atoms with Gasteiger partial charge in [-0.05, 0) is 37.3 Å². The van der Waals surface area contributed by atoms with Crippen molar-refractivity contribution in [3.63, 3.8) is 0 Å². The molecule has 2 aromatic rings. The topological polar surface area (TPSA) is 130 Å². The molecule has 0 spiro atoms. The maximum Gasteiger partial charge on any atom is 0.313 e. The van der Waals surface area contributed by atoms with E-state index in [-0.39, 0.29) is 17.3 Å². The van der Waals surface area contributed by atoms with Crippen LogP contribution in [-0.4, -0.2) is 46.3 Å². The van der Waals surface area contributed by atoms with Gasteiger partial charge in [0.15, 0.2) is 0 Å². The molecule has 152 valence electrons. The molecule has 0 aliphatic carbocycles. The first-order chi connectivity index (χ1) is 13.9. The molecule has 29 heavy (non-hydrogen) atoms. The summed E-state index contributed by atoms with van der Waals surface area (Å²) in [6, 6.07) is 4.39. The number of carbonyl (C=O) groups excluding carboxylic acids is 2. The van der Waals surface area contributed by atoms with Crippen LogP contribution in [0.1, 0.15) is 18.4 Å². The van der Waals surface area contributed by atoms with Crippen molar-refractivity contribution in [1.29, 1.82) is 0 Å². The second-order valence-electron chi connectivity index (χ2n) is 6.94. The number of piperidine rings is 1. The average molecular weight is 398 g/mol. The minimum Gasteiger partial charge on any atom is -0.355 e. The molecule has 1 aliphatic heterocycles. The predicted octanol–water partition coefficient (Wildman–Crippen LogP) is 1.66. The van der Waals surface area contributed by atoms with Crippen molar-refractivity contribution in [1.82, 2.24) is 15.3 Å². The first-order valence-corrected chi connectivity index (χ1v) is 9.29. The van der Waals surface area contributed by atoms with Crippen molar-refractivity contribution in [2.24, 2.45) is 5.92 Å². The summed E-state index contributed by atoms with van der Waals surface area (Å²) in [6.45, 7) is 3.67. The summed E-state index contributed by atoms with van der Waals surface area (Å²) < 4.78 is 0. The predicted molar refractivity (Wildman–Crippen MR) is 106 cm³/mol. The van der Waals surface area contributed by atoms with Crippen molar-refractivity contribution in [3.8, 4) is 0 Å². The van der Waals surface area contributed by atoms with E-state index in [0.29, 0.717) is 12.1 Å². The van der Waals surface area contributed by atoms with Crippen LogP contribution < -0.4 is 15.5 Å². The van der Waals surface area contributed by atoms with E-state index in [0.717, 1.165) is 31.7 Å². The molecule has 3 rings (SSSR count). The molecular weight excluding hydrogens is 376 g/mol. The van der Waals surface area contributed by atoms with E-state index >= 15 is 0 Å². The summed E-state index contributed by atoms with van der Waals surface area (Å²) in [5.41, 5.74) is 0.438. The van der Waals surface area contributed by atoms with E-state index in [2.05, 4.69) is 25.5 Å². The van der Waals surface area contributed by atoms with Gasteiger partial charge in [0.05, 0.1) is 11.1 Å². The number of nitrogens with zero attached hydrogens (tertiary/aromatic N) is 4. The van der Waals surface area contributed by atoms with E-state index in [4.69, 9.17) is 0 Å². The molecule has 1 aromatic carbocycles. The summed E-state index contributed by atoms with van der Waals surface area (Å²) in [6.07, 6.45) is 6.70. The maximum atomic E-state index is 12.1. The number of rotatable bonds is 5. The Morgan fingerprint density at radius 1 is 1.24 bits per heavy atom. The first kappa shape index (κ1) is 20.2. The van der Waals surface area contributed by atoms with Crippen LogP contribution in [0.2, 0.25) is 0 Å². The summed E-state index contributed by atoms with van der Waals surface area (Å²) in [7, 11) is 0. The van der Waals surface area contributed by atoms with Gasteiger partial charge >= 0.3 is 11.8 Å². The number of benzene rings is 1. The number of anilines is 2. The van der Waals surface area contributed by atoms with Gasteiger partial charge in [-0.25, -0.2) is 4.98 Å². The molecule has 1 saturated heterocycles. The number of aromatic nitrogens is 2. The number of nitro groups is 1. The number of aryl methyl sites for hydroxylation is 1. The minimum atomic E-state index is -0.922. The molecule has 2 N–H and O–H groups in total. The van der Waals surface area contributed by atoms with Crippen LogP contribution in [-0.2, 0) is 9.59 Å². The van der Waals surface area contributed by atoms with E-state index in [1.165, 1.54) is 12.1 Å². The van der Waals surface area contributed by atoms with Gasteiger partial charge in [0.25, 0.3) is 5.69 Å². The quantitative estimate of drug-likeness (QED) is 0.445. The molecular formula is C19H22N6O4. The van der Waals surface area contributed by atoms with Gasteiger partial charge in [-0.2, -0.15) is 0 Å². The van der Waals surface area contributed by atoms with Crippen LogP contribution >= 0.6 is 0 Å². The van der Waals surface area contributed by atoms with Crippen LogP contribution in [0.4, 0.5) is 17.2 Å². The third-order valence-corrected chi connectivity index (χ3v) is 4.84. The fraction of sp³-hybridized carbons (Fsp3) is 0.368. The minimum absolute atomic E-state index is 0.00183. The fourth-order valence-corrected chi connectivity index (χ4v) is 3.22. The summed E-state index contributed by atoms with van der Waals surface area (Å²) in [4.78, 5) is 45.2. The molecule has 0 unspecified atom stereocenters. The second kappa shape index (κ2) is 9.09. The second-order valence-corrected chi connectivity index (χ2v) is 6.94. The van der Waals surface area contributed by atoms with Crippen molar-refractivity contribution < 1.29 is 14.5 Å². The van der Waals surface area contributed by atoms with Gasteiger partial charge in [-0.3, -0.25) is 24.7 Å². The third kappa shape index (κ3) is 5.24. The van der Waals surface area contributed by atoms with Gasteiger partial charge in [0.2, 0.25) is 0 Å². The lowest BCUT2D eigenvalue weighted by Gasteiger charge is -2.32. The van der Waals surface area contributed by atoms with Crippen LogP contribution in [0, 0.1) is 23.0 Å². The summed E-state index contributed by atoms with van der Waals surface area (Å²) in [5.74, 6) is -0.660. The zero-order chi connectivity index (χ0) is 20.8. The van der Waals surface area contributed by atoms with Crippen molar-refractivity contribution in [2.75, 3.05) is 29.9 Å². The lowest BCUT2D eigenvalue weighted by Crippen LogP contribution is -2.42. The number of nitrogens with one attached hydrogen (secondary N) is 2. The van der Waals surface area contributed by atoms with Gasteiger partial charge < -0.3 is 15.5 Å². The Morgan fingerprint density at radius 2 is 2.00 bits per heavy atom. The molecule has 0 bridgehead atoms. The molecule has 1 aromatic heterocycles. The van der Waals surface area contributed by atoms with Gasteiger partial charge in [-0.15, -0.1) is 0 Å². The van der Waals surface area contributed by atoms with Crippen LogP contribution in [0.5, 0.6) is 0 Å². The first-order valence-electron chi connectivity index (χ1n) is 9.29. The highest BCUT2D eigenvalue weighted by atomic mass is 16.6. The Kier molecular flexibility index (Phi) is 6.32. The standard InChI is InChI=1S/C19H22N6O4/c1-13-2-3-15(16(10-13)25(28)29)23-19(27)18(26)22-11-14-4-8-24(9-5-14)17-12-20-6-7-21-17/h2-3,6-7,10,12,14H,4-5,8-9,11H2,1H3,(H,22,26)(H,23,27). The van der Waals surface area contributed by atoms with E-state index in [1.54, 1.807) is 31.6 Å². The molecule has 1 fully saturated rings. The molecule has 10 heteroatoms. The SMILES string of the molecule is Cc1ccc(NC(=O)C(=O)NCC2CCN(c3cnccn3)CC2)c([N+](=O)[O-])c1. The van der Waals surface area contributed by atoms with E-state index in [1.807, 2.05) is 0 Å². The molecule has 2 amide bonds. The molecule has 0 atom stereocenters. The Hall–Kier alpha value is -3.56. The number of hydrogen-bond acceptors (Lipinski definition) is 7. The monoisotopic (exact) mass is 398 g/mol. The van der Waals surface area contributed by atoms with E-state index in [9.17, 15) is 19.7 Å². The highest BCUT2D eigenvalue weighted by Crippen LogP contribution is 2.25. The Bertz CT molecular complexity index is 897. The van der Waals surface area contributed by atoms with Crippen molar-refractivity contribution in [2.45, 2.75) is 19.8 Å². The lowest BCUT2D eigenvalue weighted by molar-refractivity contribution is -0.384. The number of hydrogen-bond donors (Lipinski definition) is 2. The summed E-state index contributed by atoms with van der Waals surface area (Å²) in [5, 5.41) is 16.1. The largest absolute Gasteiger partial charge is 0.355 e. The van der Waals surface area contributed by atoms with E-state index < -0.39 is 16.7 Å². The smallest absolute Gasteiger partial charge is 0.313 e. The fourth-order valence-electron chi connectivity index (χ4n) is 3.22.